The third-order valence-electron chi connectivity index (χ3n) is 2.82. The van der Waals surface area contributed by atoms with Crippen molar-refractivity contribution in [1.82, 2.24) is 5.32 Å². The van der Waals surface area contributed by atoms with E-state index in [1.54, 1.807) is 0 Å². The molecule has 0 radical (unpaired) electrons. The number of rotatable bonds is 1. The van der Waals surface area contributed by atoms with Crippen molar-refractivity contribution in [2.24, 2.45) is 5.92 Å². The Morgan fingerprint density at radius 1 is 1.31 bits per heavy atom. The molecule has 0 bridgehead atoms. The molecule has 2 rings (SSSR count). The van der Waals surface area contributed by atoms with E-state index in [0.717, 1.165) is 19.0 Å². The molecule has 13 heavy (non-hydrogen) atoms. The van der Waals surface area contributed by atoms with Crippen molar-refractivity contribution < 1.29 is 0 Å². The molecule has 1 aromatic carbocycles. The van der Waals surface area contributed by atoms with E-state index in [0.29, 0.717) is 5.92 Å². The summed E-state index contributed by atoms with van der Waals surface area (Å²) in [5.41, 5.74) is 1.44. The summed E-state index contributed by atoms with van der Waals surface area (Å²) in [5.74, 6) is 1.43. The van der Waals surface area contributed by atoms with Gasteiger partial charge < -0.3 is 5.32 Å². The lowest BCUT2D eigenvalue weighted by Gasteiger charge is -2.15. The van der Waals surface area contributed by atoms with Crippen LogP contribution >= 0.6 is 15.9 Å². The van der Waals surface area contributed by atoms with E-state index >= 15 is 0 Å². The number of benzene rings is 1. The lowest BCUT2D eigenvalue weighted by atomic mass is 9.90. The van der Waals surface area contributed by atoms with Crippen molar-refractivity contribution >= 4 is 15.9 Å². The average molecular weight is 240 g/mol. The van der Waals surface area contributed by atoms with Gasteiger partial charge in [0.25, 0.3) is 0 Å². The Hall–Kier alpha value is -0.340. The number of nitrogens with one attached hydrogen (secondary N) is 1. The first-order valence-corrected chi connectivity index (χ1v) is 5.53. The topological polar surface area (TPSA) is 12.0 Å². The molecule has 0 unspecified atom stereocenters. The van der Waals surface area contributed by atoms with E-state index in [4.69, 9.17) is 0 Å². The van der Waals surface area contributed by atoms with Gasteiger partial charge in [-0.15, -0.1) is 0 Å². The Morgan fingerprint density at radius 2 is 2.08 bits per heavy atom. The van der Waals surface area contributed by atoms with Gasteiger partial charge in [-0.25, -0.2) is 0 Å². The molecule has 1 aliphatic heterocycles. The molecule has 1 heterocycles. The zero-order valence-corrected chi connectivity index (χ0v) is 9.34. The lowest BCUT2D eigenvalue weighted by molar-refractivity contribution is 0.570. The molecular weight excluding hydrogens is 226 g/mol. The van der Waals surface area contributed by atoms with Crippen LogP contribution in [0.5, 0.6) is 0 Å². The molecule has 2 atom stereocenters. The monoisotopic (exact) mass is 239 g/mol. The van der Waals surface area contributed by atoms with Gasteiger partial charge >= 0.3 is 0 Å². The van der Waals surface area contributed by atoms with Crippen LogP contribution in [0, 0.1) is 5.92 Å². The average Bonchev–Trinajstić information content (AvgIpc) is 2.52. The first kappa shape index (κ1) is 9.22. The fraction of sp³-hybridized carbons (Fsp3) is 0.455. The maximum Gasteiger partial charge on any atom is 0.0210 e. The van der Waals surface area contributed by atoms with Crippen LogP contribution in [0.4, 0.5) is 0 Å². The molecule has 0 amide bonds. The predicted molar refractivity (Wildman–Crippen MR) is 58.9 cm³/mol. The summed E-state index contributed by atoms with van der Waals surface area (Å²) in [4.78, 5) is 0. The van der Waals surface area contributed by atoms with Crippen LogP contribution in [0.2, 0.25) is 0 Å². The summed E-state index contributed by atoms with van der Waals surface area (Å²) in [6, 6.07) is 8.53. The third kappa shape index (κ3) is 1.79. The Bertz CT molecular complexity index is 298. The summed E-state index contributed by atoms with van der Waals surface area (Å²) in [5, 5.41) is 3.43. The molecule has 0 aromatic heterocycles. The van der Waals surface area contributed by atoms with Crippen molar-refractivity contribution in [3.05, 3.63) is 34.3 Å². The van der Waals surface area contributed by atoms with Gasteiger partial charge in [-0.3, -0.25) is 0 Å². The normalized spacial score (nSPS) is 27.8. The third-order valence-corrected chi connectivity index (χ3v) is 3.54. The highest BCUT2D eigenvalue weighted by Gasteiger charge is 2.25. The minimum Gasteiger partial charge on any atom is -0.316 e. The Balaban J connectivity index is 2.29. The second-order valence-electron chi connectivity index (χ2n) is 3.76. The zero-order valence-electron chi connectivity index (χ0n) is 7.76. The molecule has 70 valence electrons. The maximum absolute atomic E-state index is 3.61. The standard InChI is InChI=1S/C11H14BrN/c1-8-6-13-7-10(8)9-4-2-3-5-11(9)12/h2-5,8,10,13H,6-7H2,1H3/t8-,10-/m1/s1. The van der Waals surface area contributed by atoms with Crippen LogP contribution < -0.4 is 5.32 Å². The summed E-state index contributed by atoms with van der Waals surface area (Å²) in [6.07, 6.45) is 0. The highest BCUT2D eigenvalue weighted by Crippen LogP contribution is 2.32. The molecule has 0 saturated carbocycles. The van der Waals surface area contributed by atoms with Crippen LogP contribution in [-0.4, -0.2) is 13.1 Å². The Labute approximate surface area is 87.7 Å². The van der Waals surface area contributed by atoms with Crippen molar-refractivity contribution in [2.45, 2.75) is 12.8 Å². The van der Waals surface area contributed by atoms with Gasteiger partial charge in [0.05, 0.1) is 0 Å². The summed E-state index contributed by atoms with van der Waals surface area (Å²) >= 11 is 3.61. The fourth-order valence-corrected chi connectivity index (χ4v) is 2.58. The van der Waals surface area contributed by atoms with E-state index in [2.05, 4.69) is 52.4 Å². The van der Waals surface area contributed by atoms with E-state index in [9.17, 15) is 0 Å². The van der Waals surface area contributed by atoms with Crippen LogP contribution in [0.15, 0.2) is 28.7 Å². The number of halogens is 1. The van der Waals surface area contributed by atoms with Gasteiger partial charge in [0.1, 0.15) is 0 Å². The summed E-state index contributed by atoms with van der Waals surface area (Å²) in [7, 11) is 0. The van der Waals surface area contributed by atoms with Gasteiger partial charge in [-0.2, -0.15) is 0 Å². The summed E-state index contributed by atoms with van der Waals surface area (Å²) in [6.45, 7) is 4.57. The van der Waals surface area contributed by atoms with Gasteiger partial charge in [0, 0.05) is 16.9 Å². The fourth-order valence-electron chi connectivity index (χ4n) is 2.00. The molecular formula is C11H14BrN. The lowest BCUT2D eigenvalue weighted by Crippen LogP contribution is -2.08. The second-order valence-corrected chi connectivity index (χ2v) is 4.62. The zero-order chi connectivity index (χ0) is 9.26. The van der Waals surface area contributed by atoms with E-state index in [-0.39, 0.29) is 0 Å². The van der Waals surface area contributed by atoms with E-state index in [1.165, 1.54) is 10.0 Å². The molecule has 1 N–H and O–H groups in total. The van der Waals surface area contributed by atoms with Crippen molar-refractivity contribution in [2.75, 3.05) is 13.1 Å². The quantitative estimate of drug-likeness (QED) is 0.795. The minimum atomic E-state index is 0.676. The SMILES string of the molecule is C[C@@H]1CNC[C@H]1c1ccccc1Br. The van der Waals surface area contributed by atoms with Crippen LogP contribution in [0.3, 0.4) is 0 Å². The highest BCUT2D eigenvalue weighted by atomic mass is 79.9. The predicted octanol–water partition coefficient (Wildman–Crippen LogP) is 2.77. The Kier molecular flexibility index (Phi) is 2.70. The largest absolute Gasteiger partial charge is 0.316 e. The van der Waals surface area contributed by atoms with Crippen molar-refractivity contribution in [3.63, 3.8) is 0 Å². The second kappa shape index (κ2) is 3.81. The summed E-state index contributed by atoms with van der Waals surface area (Å²) < 4.78 is 1.25. The molecule has 1 fully saturated rings. The molecule has 1 aliphatic rings. The molecule has 0 aliphatic carbocycles. The van der Waals surface area contributed by atoms with Gasteiger partial charge in [-0.1, -0.05) is 41.1 Å². The first-order chi connectivity index (χ1) is 6.29. The smallest absolute Gasteiger partial charge is 0.0210 e. The first-order valence-electron chi connectivity index (χ1n) is 4.74. The van der Waals surface area contributed by atoms with E-state index < -0.39 is 0 Å². The number of hydrogen-bond donors (Lipinski definition) is 1. The van der Waals surface area contributed by atoms with Gasteiger partial charge in [0.2, 0.25) is 0 Å². The number of hydrogen-bond acceptors (Lipinski definition) is 1. The van der Waals surface area contributed by atoms with Crippen molar-refractivity contribution in [1.29, 1.82) is 0 Å². The minimum absolute atomic E-state index is 0.676. The van der Waals surface area contributed by atoms with E-state index in [1.807, 2.05) is 0 Å². The molecule has 1 nitrogen and oxygen atoms in total. The van der Waals surface area contributed by atoms with Gasteiger partial charge in [0.15, 0.2) is 0 Å². The van der Waals surface area contributed by atoms with Gasteiger partial charge in [-0.05, 0) is 24.1 Å². The van der Waals surface area contributed by atoms with Crippen LogP contribution in [0.1, 0.15) is 18.4 Å². The Morgan fingerprint density at radius 3 is 2.69 bits per heavy atom. The highest BCUT2D eigenvalue weighted by molar-refractivity contribution is 9.10. The molecule has 1 saturated heterocycles. The van der Waals surface area contributed by atoms with Crippen LogP contribution in [0.25, 0.3) is 0 Å². The van der Waals surface area contributed by atoms with Crippen molar-refractivity contribution in [3.8, 4) is 0 Å². The molecule has 1 aromatic rings. The van der Waals surface area contributed by atoms with Crippen LogP contribution in [-0.2, 0) is 0 Å². The molecule has 2 heteroatoms. The molecule has 0 spiro atoms. The maximum atomic E-state index is 3.61.